The van der Waals surface area contributed by atoms with Crippen molar-refractivity contribution in [2.75, 3.05) is 12.4 Å². The first-order valence-electron chi connectivity index (χ1n) is 12.3. The van der Waals surface area contributed by atoms with Gasteiger partial charge in [-0.15, -0.1) is 0 Å². The molecule has 35 heavy (non-hydrogen) atoms. The SMILES string of the molecule is CNC(=O)[C@@H]1C[C@@H]2C[C@H](C(=O)Nc3cc(-c4cc(C(N)=O)n5c4CC(C)(C)C5)c(Cl)cn3)C[C@@H]2C1. The average molecular weight is 498 g/mol. The average Bonchev–Trinajstić information content (AvgIpc) is 3.52. The molecule has 0 unspecified atom stereocenters. The van der Waals surface area contributed by atoms with E-state index in [2.05, 4.69) is 29.5 Å². The maximum atomic E-state index is 13.1. The van der Waals surface area contributed by atoms with Crippen LogP contribution in [0.25, 0.3) is 11.1 Å². The Morgan fingerprint density at radius 1 is 1.06 bits per heavy atom. The molecule has 4 N–H and O–H groups in total. The zero-order valence-electron chi connectivity index (χ0n) is 20.4. The topological polar surface area (TPSA) is 119 Å². The van der Waals surface area contributed by atoms with Crippen LogP contribution in [0.2, 0.25) is 5.02 Å². The number of hydrogen-bond acceptors (Lipinski definition) is 4. The van der Waals surface area contributed by atoms with E-state index in [-0.39, 0.29) is 29.1 Å². The fourth-order valence-corrected chi connectivity index (χ4v) is 6.73. The molecule has 2 aromatic rings. The van der Waals surface area contributed by atoms with Crippen LogP contribution >= 0.6 is 11.6 Å². The second-order valence-electron chi connectivity index (χ2n) is 11.2. The molecule has 5 rings (SSSR count). The van der Waals surface area contributed by atoms with Crippen molar-refractivity contribution in [3.8, 4) is 11.1 Å². The molecular weight excluding hydrogens is 466 g/mol. The number of amides is 3. The second kappa shape index (κ2) is 8.66. The van der Waals surface area contributed by atoms with Gasteiger partial charge in [0.05, 0.1) is 5.02 Å². The maximum Gasteiger partial charge on any atom is 0.265 e. The normalized spacial score (nSPS) is 26.3. The smallest absolute Gasteiger partial charge is 0.265 e. The third-order valence-corrected chi connectivity index (χ3v) is 8.39. The van der Waals surface area contributed by atoms with Crippen LogP contribution in [0.15, 0.2) is 18.3 Å². The van der Waals surface area contributed by atoms with Gasteiger partial charge in [-0.05, 0) is 61.5 Å². The van der Waals surface area contributed by atoms with Crippen LogP contribution in [0.3, 0.4) is 0 Å². The van der Waals surface area contributed by atoms with Crippen LogP contribution in [-0.2, 0) is 22.6 Å². The Hall–Kier alpha value is -2.87. The van der Waals surface area contributed by atoms with Crippen LogP contribution in [0.4, 0.5) is 5.82 Å². The van der Waals surface area contributed by atoms with Gasteiger partial charge in [0.15, 0.2) is 0 Å². The molecule has 3 heterocycles. The number of anilines is 1. The molecule has 0 bridgehead atoms. The molecule has 2 aromatic heterocycles. The highest BCUT2D eigenvalue weighted by molar-refractivity contribution is 6.33. The number of primary amides is 1. The number of nitrogens with one attached hydrogen (secondary N) is 2. The van der Waals surface area contributed by atoms with E-state index in [1.165, 1.54) is 6.20 Å². The minimum atomic E-state index is -0.473. The van der Waals surface area contributed by atoms with Gasteiger partial charge < -0.3 is 20.9 Å². The summed E-state index contributed by atoms with van der Waals surface area (Å²) in [4.78, 5) is 41.5. The van der Waals surface area contributed by atoms with Crippen molar-refractivity contribution in [2.24, 2.45) is 34.8 Å². The summed E-state index contributed by atoms with van der Waals surface area (Å²) < 4.78 is 1.98. The molecule has 2 saturated carbocycles. The van der Waals surface area contributed by atoms with Crippen molar-refractivity contribution in [2.45, 2.75) is 52.5 Å². The Kier molecular flexibility index (Phi) is 5.90. The van der Waals surface area contributed by atoms with Crippen molar-refractivity contribution in [3.05, 3.63) is 34.7 Å². The first kappa shape index (κ1) is 23.9. The highest BCUT2D eigenvalue weighted by Crippen LogP contribution is 2.49. The van der Waals surface area contributed by atoms with Gasteiger partial charge >= 0.3 is 0 Å². The lowest BCUT2D eigenvalue weighted by Crippen LogP contribution is -2.27. The van der Waals surface area contributed by atoms with E-state index < -0.39 is 5.91 Å². The van der Waals surface area contributed by atoms with Gasteiger partial charge in [0.1, 0.15) is 11.5 Å². The first-order valence-corrected chi connectivity index (χ1v) is 12.6. The molecule has 3 aliphatic rings. The number of aromatic nitrogens is 2. The molecule has 0 aromatic carbocycles. The van der Waals surface area contributed by atoms with Crippen LogP contribution in [0, 0.1) is 29.1 Å². The highest BCUT2D eigenvalue weighted by Gasteiger charge is 2.45. The lowest BCUT2D eigenvalue weighted by molar-refractivity contribution is -0.124. The summed E-state index contributed by atoms with van der Waals surface area (Å²) >= 11 is 6.54. The van der Waals surface area contributed by atoms with Gasteiger partial charge in [0.2, 0.25) is 11.8 Å². The number of rotatable bonds is 5. The van der Waals surface area contributed by atoms with Crippen LogP contribution in [0.1, 0.15) is 55.7 Å². The van der Waals surface area contributed by atoms with E-state index in [0.717, 1.165) is 48.9 Å². The third kappa shape index (κ3) is 4.33. The van der Waals surface area contributed by atoms with E-state index >= 15 is 0 Å². The third-order valence-electron chi connectivity index (χ3n) is 8.09. The largest absolute Gasteiger partial charge is 0.364 e. The Balaban J connectivity index is 1.34. The van der Waals surface area contributed by atoms with Gasteiger partial charge in [-0.25, -0.2) is 4.98 Å². The zero-order chi connectivity index (χ0) is 25.1. The molecule has 2 fully saturated rings. The number of nitrogens with zero attached hydrogens (tertiary/aromatic N) is 2. The highest BCUT2D eigenvalue weighted by atomic mass is 35.5. The predicted molar refractivity (Wildman–Crippen MR) is 134 cm³/mol. The second-order valence-corrected chi connectivity index (χ2v) is 11.6. The summed E-state index contributed by atoms with van der Waals surface area (Å²) in [5.41, 5.74) is 8.72. The fourth-order valence-electron chi connectivity index (χ4n) is 6.53. The summed E-state index contributed by atoms with van der Waals surface area (Å²) in [6.45, 7) is 5.02. The number of halogens is 1. The van der Waals surface area contributed by atoms with E-state index in [4.69, 9.17) is 17.3 Å². The van der Waals surface area contributed by atoms with Crippen LogP contribution in [-0.4, -0.2) is 34.3 Å². The summed E-state index contributed by atoms with van der Waals surface area (Å²) in [6, 6.07) is 3.57. The number of nitrogens with two attached hydrogens (primary N) is 1. The monoisotopic (exact) mass is 497 g/mol. The van der Waals surface area contributed by atoms with Gasteiger partial charge in [0.25, 0.3) is 5.91 Å². The summed E-state index contributed by atoms with van der Waals surface area (Å²) in [7, 11) is 1.68. The van der Waals surface area contributed by atoms with Crippen molar-refractivity contribution in [1.82, 2.24) is 14.9 Å². The van der Waals surface area contributed by atoms with Gasteiger partial charge in [-0.1, -0.05) is 25.4 Å². The molecule has 1 aliphatic heterocycles. The molecule has 0 radical (unpaired) electrons. The predicted octanol–water partition coefficient (Wildman–Crippen LogP) is 3.62. The Bertz CT molecular complexity index is 1210. The molecule has 0 saturated heterocycles. The lowest BCUT2D eigenvalue weighted by Gasteiger charge is -2.16. The minimum Gasteiger partial charge on any atom is -0.364 e. The van der Waals surface area contributed by atoms with E-state index in [1.54, 1.807) is 19.2 Å². The summed E-state index contributed by atoms with van der Waals surface area (Å²) in [6.07, 6.45) is 5.64. The minimum absolute atomic E-state index is 0.00342. The van der Waals surface area contributed by atoms with E-state index in [9.17, 15) is 14.4 Å². The van der Waals surface area contributed by atoms with E-state index in [1.807, 2.05) is 4.57 Å². The Morgan fingerprint density at radius 3 is 2.29 bits per heavy atom. The van der Waals surface area contributed by atoms with Crippen molar-refractivity contribution >= 4 is 35.1 Å². The molecule has 3 amide bonds. The molecule has 0 spiro atoms. The summed E-state index contributed by atoms with van der Waals surface area (Å²) in [5.74, 6) is 0.849. The number of hydrogen-bond donors (Lipinski definition) is 3. The standard InChI is InChI=1S/C26H32ClN5O3/c1-26(2)10-21-18(8-20(23(28)33)32(21)12-26)17-9-22(30-11-19(17)27)31-25(35)16-6-13-4-15(24(34)29-3)5-14(13)7-16/h8-9,11,13-16H,4-7,10,12H2,1-3H3,(H2,28,33)(H,29,34)(H,30,31,35)/t13-,14+,15-,16+. The lowest BCUT2D eigenvalue weighted by atomic mass is 9.89. The fraction of sp³-hybridized carbons (Fsp3) is 0.538. The van der Waals surface area contributed by atoms with Crippen LogP contribution < -0.4 is 16.4 Å². The number of carbonyl (C=O) groups is 3. The van der Waals surface area contributed by atoms with Crippen LogP contribution in [0.5, 0.6) is 0 Å². The zero-order valence-corrected chi connectivity index (χ0v) is 21.1. The molecule has 186 valence electrons. The maximum absolute atomic E-state index is 13.1. The quantitative estimate of drug-likeness (QED) is 0.584. The first-order chi connectivity index (χ1) is 16.6. The van der Waals surface area contributed by atoms with Crippen molar-refractivity contribution < 1.29 is 14.4 Å². The molecular formula is C26H32ClN5O3. The molecule has 4 atom stereocenters. The van der Waals surface area contributed by atoms with Gasteiger partial charge in [-0.2, -0.15) is 0 Å². The van der Waals surface area contributed by atoms with Gasteiger partial charge in [0, 0.05) is 48.4 Å². The molecule has 8 nitrogen and oxygen atoms in total. The van der Waals surface area contributed by atoms with Crippen molar-refractivity contribution in [1.29, 1.82) is 0 Å². The summed E-state index contributed by atoms with van der Waals surface area (Å²) in [5, 5.41) is 6.18. The number of fused-ring (bicyclic) bond motifs is 2. The number of carbonyl (C=O) groups excluding carboxylic acids is 3. The molecule has 2 aliphatic carbocycles. The van der Waals surface area contributed by atoms with E-state index in [0.29, 0.717) is 34.9 Å². The number of pyridine rings is 1. The Morgan fingerprint density at radius 2 is 1.69 bits per heavy atom. The van der Waals surface area contributed by atoms with Gasteiger partial charge in [-0.3, -0.25) is 14.4 Å². The Labute approximate surface area is 210 Å². The molecule has 9 heteroatoms. The van der Waals surface area contributed by atoms with Crippen molar-refractivity contribution in [3.63, 3.8) is 0 Å².